The highest BCUT2D eigenvalue weighted by Gasteiger charge is 2.26. The smallest absolute Gasteiger partial charge is 0.329 e. The van der Waals surface area contributed by atoms with Gasteiger partial charge in [-0.05, 0) is 44.9 Å². The van der Waals surface area contributed by atoms with E-state index in [1.54, 1.807) is 4.90 Å². The zero-order valence-corrected chi connectivity index (χ0v) is 28.7. The molecule has 7 nitrogen and oxygen atoms in total. The molecule has 0 aromatic heterocycles. The van der Waals surface area contributed by atoms with Crippen LogP contribution in [0.25, 0.3) is 22.3 Å². The second kappa shape index (κ2) is 18.2. The summed E-state index contributed by atoms with van der Waals surface area (Å²) in [7, 11) is 0. The van der Waals surface area contributed by atoms with E-state index in [0.29, 0.717) is 6.54 Å². The van der Waals surface area contributed by atoms with Crippen molar-refractivity contribution in [1.82, 2.24) is 10.2 Å². The summed E-state index contributed by atoms with van der Waals surface area (Å²) < 4.78 is 11.1. The van der Waals surface area contributed by atoms with Gasteiger partial charge in [0.2, 0.25) is 0 Å². The predicted molar refractivity (Wildman–Crippen MR) is 197 cm³/mol. The summed E-state index contributed by atoms with van der Waals surface area (Å²) in [5.74, 6) is -0.794. The summed E-state index contributed by atoms with van der Waals surface area (Å²) in [5.41, 5.74) is 7.05. The molecule has 5 rings (SSSR count). The molecule has 5 aromatic carbocycles. The van der Waals surface area contributed by atoms with Gasteiger partial charge in [0.1, 0.15) is 19.3 Å². The molecule has 0 fully saturated rings. The molecule has 0 aliphatic carbocycles. The van der Waals surface area contributed by atoms with Crippen LogP contribution in [0.1, 0.15) is 37.0 Å². The number of benzene rings is 5. The minimum absolute atomic E-state index is 0.0316. The molecule has 7 heteroatoms. The fourth-order valence-electron chi connectivity index (χ4n) is 5.57. The summed E-state index contributed by atoms with van der Waals surface area (Å²) >= 11 is 0. The normalized spacial score (nSPS) is 11.4. The highest BCUT2D eigenvalue weighted by molar-refractivity contribution is 5.84. The first-order valence-electron chi connectivity index (χ1n) is 17.0. The lowest BCUT2D eigenvalue weighted by atomic mass is 9.98. The van der Waals surface area contributed by atoms with Crippen LogP contribution >= 0.6 is 0 Å². The standard InChI is InChI=1S/C43H44N2O5/c1-32(2)29-45(27-26-41(46)49-30-34-12-6-3-7-13-34)43(48)44-40(42(47)50-31-35-14-8-4-9-15-35)28-33-18-20-37(21-19-33)39-24-22-38(23-25-39)36-16-10-5-11-17-36/h3-25,32,40H,26-31H2,1-2H3,(H,44,48)/t40-/m0/s1. The maximum absolute atomic E-state index is 13.7. The van der Waals surface area contributed by atoms with Crippen molar-refractivity contribution < 1.29 is 23.9 Å². The van der Waals surface area contributed by atoms with Crippen molar-refractivity contribution in [3.63, 3.8) is 0 Å². The molecule has 5 aromatic rings. The Morgan fingerprint density at radius 3 is 1.56 bits per heavy atom. The minimum atomic E-state index is -0.943. The van der Waals surface area contributed by atoms with Gasteiger partial charge in [-0.2, -0.15) is 0 Å². The van der Waals surface area contributed by atoms with Crippen molar-refractivity contribution in [2.24, 2.45) is 5.92 Å². The van der Waals surface area contributed by atoms with E-state index in [9.17, 15) is 14.4 Å². The van der Waals surface area contributed by atoms with Crippen molar-refractivity contribution in [2.75, 3.05) is 13.1 Å². The predicted octanol–water partition coefficient (Wildman–Crippen LogP) is 8.48. The molecule has 0 aliphatic rings. The Balaban J connectivity index is 1.25. The number of carbonyl (C=O) groups excluding carboxylic acids is 3. The first-order valence-corrected chi connectivity index (χ1v) is 17.0. The molecule has 1 atom stereocenters. The topological polar surface area (TPSA) is 84.9 Å². The first-order chi connectivity index (χ1) is 24.3. The molecule has 1 N–H and O–H groups in total. The van der Waals surface area contributed by atoms with E-state index >= 15 is 0 Å². The average Bonchev–Trinajstić information content (AvgIpc) is 3.15. The molecular weight excluding hydrogens is 624 g/mol. The van der Waals surface area contributed by atoms with Gasteiger partial charge in [-0.15, -0.1) is 0 Å². The molecule has 0 saturated carbocycles. The van der Waals surface area contributed by atoms with Gasteiger partial charge in [0.05, 0.1) is 6.42 Å². The van der Waals surface area contributed by atoms with E-state index in [-0.39, 0.29) is 38.5 Å². The Morgan fingerprint density at radius 1 is 0.580 bits per heavy atom. The van der Waals surface area contributed by atoms with Crippen LogP contribution in [-0.4, -0.2) is 42.0 Å². The lowest BCUT2D eigenvalue weighted by Gasteiger charge is -2.27. The number of rotatable bonds is 15. The van der Waals surface area contributed by atoms with Gasteiger partial charge in [0.15, 0.2) is 0 Å². The maximum Gasteiger partial charge on any atom is 0.329 e. The van der Waals surface area contributed by atoms with Crippen LogP contribution in [0.4, 0.5) is 4.79 Å². The number of carbonyl (C=O) groups is 3. The lowest BCUT2D eigenvalue weighted by Crippen LogP contribution is -2.50. The Bertz CT molecular complexity index is 1790. The van der Waals surface area contributed by atoms with Crippen LogP contribution < -0.4 is 5.32 Å². The number of ether oxygens (including phenoxy) is 2. The van der Waals surface area contributed by atoms with E-state index in [2.05, 4.69) is 41.7 Å². The van der Waals surface area contributed by atoms with E-state index in [0.717, 1.165) is 38.9 Å². The molecule has 0 radical (unpaired) electrons. The quantitative estimate of drug-likeness (QED) is 0.113. The third-order valence-corrected chi connectivity index (χ3v) is 8.23. The second-order valence-electron chi connectivity index (χ2n) is 12.7. The van der Waals surface area contributed by atoms with Crippen LogP contribution in [0.15, 0.2) is 140 Å². The van der Waals surface area contributed by atoms with Gasteiger partial charge < -0.3 is 19.7 Å². The van der Waals surface area contributed by atoms with Crippen molar-refractivity contribution >= 4 is 18.0 Å². The van der Waals surface area contributed by atoms with E-state index in [1.807, 2.05) is 117 Å². The maximum atomic E-state index is 13.7. The second-order valence-corrected chi connectivity index (χ2v) is 12.7. The summed E-state index contributed by atoms with van der Waals surface area (Å²) in [6, 6.07) is 44.1. The number of amides is 2. The SMILES string of the molecule is CC(C)CN(CCC(=O)OCc1ccccc1)C(=O)N[C@@H](Cc1ccc(-c2ccc(-c3ccccc3)cc2)cc1)C(=O)OCc1ccccc1. The third kappa shape index (κ3) is 10.9. The summed E-state index contributed by atoms with van der Waals surface area (Å²) in [5, 5.41) is 2.92. The zero-order chi connectivity index (χ0) is 35.1. The molecule has 0 spiro atoms. The molecule has 0 saturated heterocycles. The summed E-state index contributed by atoms with van der Waals surface area (Å²) in [4.78, 5) is 41.3. The Labute approximate surface area is 294 Å². The largest absolute Gasteiger partial charge is 0.461 e. The third-order valence-electron chi connectivity index (χ3n) is 8.23. The molecule has 256 valence electrons. The van der Waals surface area contributed by atoms with Crippen molar-refractivity contribution in [3.8, 4) is 22.3 Å². The Kier molecular flexibility index (Phi) is 12.9. The Morgan fingerprint density at radius 2 is 1.04 bits per heavy atom. The highest BCUT2D eigenvalue weighted by atomic mass is 16.5. The van der Waals surface area contributed by atoms with Crippen LogP contribution in [0.2, 0.25) is 0 Å². The number of hydrogen-bond acceptors (Lipinski definition) is 5. The molecule has 0 bridgehead atoms. The van der Waals surface area contributed by atoms with Gasteiger partial charge in [-0.3, -0.25) is 4.79 Å². The summed E-state index contributed by atoms with van der Waals surface area (Å²) in [6.07, 6.45) is 0.269. The molecule has 2 amide bonds. The molecule has 50 heavy (non-hydrogen) atoms. The minimum Gasteiger partial charge on any atom is -0.461 e. The van der Waals surface area contributed by atoms with Crippen molar-refractivity contribution in [3.05, 3.63) is 156 Å². The van der Waals surface area contributed by atoms with Gasteiger partial charge in [0.25, 0.3) is 0 Å². The van der Waals surface area contributed by atoms with E-state index in [4.69, 9.17) is 9.47 Å². The fourth-order valence-corrected chi connectivity index (χ4v) is 5.57. The van der Waals surface area contributed by atoms with Crippen molar-refractivity contribution in [2.45, 2.75) is 45.9 Å². The average molecular weight is 669 g/mol. The van der Waals surface area contributed by atoms with Crippen molar-refractivity contribution in [1.29, 1.82) is 0 Å². The molecule has 0 aliphatic heterocycles. The van der Waals surface area contributed by atoms with Crippen LogP contribution in [0.5, 0.6) is 0 Å². The Hall–Kier alpha value is -5.69. The monoisotopic (exact) mass is 668 g/mol. The number of esters is 2. The number of hydrogen-bond donors (Lipinski definition) is 1. The fraction of sp³-hybridized carbons (Fsp3) is 0.233. The van der Waals surface area contributed by atoms with E-state index in [1.165, 1.54) is 0 Å². The molecular formula is C43H44N2O5. The zero-order valence-electron chi connectivity index (χ0n) is 28.7. The van der Waals surface area contributed by atoms with Gasteiger partial charge in [-0.25, -0.2) is 9.59 Å². The van der Waals surface area contributed by atoms with Crippen LogP contribution in [0.3, 0.4) is 0 Å². The van der Waals surface area contributed by atoms with Gasteiger partial charge in [0, 0.05) is 19.5 Å². The lowest BCUT2D eigenvalue weighted by molar-refractivity contribution is -0.147. The summed E-state index contributed by atoms with van der Waals surface area (Å²) in [6.45, 7) is 4.81. The highest BCUT2D eigenvalue weighted by Crippen LogP contribution is 2.25. The van der Waals surface area contributed by atoms with Crippen LogP contribution in [0, 0.1) is 5.92 Å². The first kappa shape index (κ1) is 35.6. The van der Waals surface area contributed by atoms with E-state index < -0.39 is 24.0 Å². The number of urea groups is 1. The molecule has 0 unspecified atom stereocenters. The number of nitrogens with one attached hydrogen (secondary N) is 1. The van der Waals surface area contributed by atoms with Gasteiger partial charge in [-0.1, -0.05) is 153 Å². The number of nitrogens with zero attached hydrogens (tertiary/aromatic N) is 1. The van der Waals surface area contributed by atoms with Crippen LogP contribution in [-0.2, 0) is 38.7 Å². The molecule has 0 heterocycles. The van der Waals surface area contributed by atoms with Gasteiger partial charge >= 0.3 is 18.0 Å².